The number of hydrogen-bond acceptors (Lipinski definition) is 2. The summed E-state index contributed by atoms with van der Waals surface area (Å²) in [5, 5.41) is 0. The zero-order chi connectivity index (χ0) is 7.23. The molecule has 0 aromatic heterocycles. The second-order valence-corrected chi connectivity index (χ2v) is 2.41. The summed E-state index contributed by atoms with van der Waals surface area (Å²) in [6.07, 6.45) is 6.59. The van der Waals surface area contributed by atoms with E-state index in [1.165, 1.54) is 12.8 Å². The summed E-state index contributed by atoms with van der Waals surface area (Å²) in [7, 11) is 0. The van der Waals surface area contributed by atoms with Crippen molar-refractivity contribution >= 4 is 0 Å². The van der Waals surface area contributed by atoms with Crippen LogP contribution in [0.15, 0.2) is 12.3 Å². The van der Waals surface area contributed by atoms with Crippen molar-refractivity contribution in [2.24, 2.45) is 0 Å². The third kappa shape index (κ3) is 3.51. The van der Waals surface area contributed by atoms with Gasteiger partial charge in [0.25, 0.3) is 0 Å². The maximum absolute atomic E-state index is 5.34. The van der Waals surface area contributed by atoms with Gasteiger partial charge in [-0.05, 0) is 19.8 Å². The molecular formula is C8H14O2. The molecule has 1 aliphatic carbocycles. The van der Waals surface area contributed by atoms with E-state index < -0.39 is 0 Å². The van der Waals surface area contributed by atoms with Gasteiger partial charge in [-0.15, -0.1) is 0 Å². The Kier molecular flexibility index (Phi) is 3.30. The van der Waals surface area contributed by atoms with E-state index in [0.29, 0.717) is 12.7 Å². The minimum atomic E-state index is 0.550. The van der Waals surface area contributed by atoms with Gasteiger partial charge in [0.05, 0.1) is 19.0 Å². The normalized spacial score (nSPS) is 18.1. The molecule has 0 aromatic rings. The fourth-order valence-corrected chi connectivity index (χ4v) is 0.662. The number of hydrogen-bond donors (Lipinski definition) is 0. The lowest BCUT2D eigenvalue weighted by Crippen LogP contribution is -2.02. The number of rotatable bonds is 5. The van der Waals surface area contributed by atoms with E-state index >= 15 is 0 Å². The van der Waals surface area contributed by atoms with Crippen LogP contribution in [0.2, 0.25) is 0 Å². The predicted molar refractivity (Wildman–Crippen MR) is 39.7 cm³/mol. The van der Waals surface area contributed by atoms with Gasteiger partial charge >= 0.3 is 0 Å². The summed E-state index contributed by atoms with van der Waals surface area (Å²) < 4.78 is 10.4. The molecule has 1 fully saturated rings. The Morgan fingerprint density at radius 1 is 1.40 bits per heavy atom. The van der Waals surface area contributed by atoms with Crippen LogP contribution < -0.4 is 0 Å². The third-order valence-corrected chi connectivity index (χ3v) is 1.31. The fourth-order valence-electron chi connectivity index (χ4n) is 0.662. The highest BCUT2D eigenvalue weighted by molar-refractivity contribution is 4.73. The third-order valence-electron chi connectivity index (χ3n) is 1.31. The van der Waals surface area contributed by atoms with Crippen molar-refractivity contribution in [3.8, 4) is 0 Å². The second kappa shape index (κ2) is 4.34. The van der Waals surface area contributed by atoms with Gasteiger partial charge < -0.3 is 9.47 Å². The van der Waals surface area contributed by atoms with Crippen LogP contribution in [0.1, 0.15) is 19.8 Å². The highest BCUT2D eigenvalue weighted by Crippen LogP contribution is 2.22. The van der Waals surface area contributed by atoms with Crippen LogP contribution in [0.5, 0.6) is 0 Å². The molecule has 0 aromatic carbocycles. The standard InChI is InChI=1S/C8H14O2/c1-2-5-9-6-7-10-8-3-4-8/h2,5,8H,3-4,6-7H2,1H3/b5-2+. The van der Waals surface area contributed by atoms with E-state index in [2.05, 4.69) is 0 Å². The van der Waals surface area contributed by atoms with Crippen molar-refractivity contribution in [3.05, 3.63) is 12.3 Å². The molecule has 0 heterocycles. The average Bonchev–Trinajstić information content (AvgIpc) is 2.71. The van der Waals surface area contributed by atoms with E-state index in [1.807, 2.05) is 13.0 Å². The molecule has 10 heavy (non-hydrogen) atoms. The minimum absolute atomic E-state index is 0.550. The van der Waals surface area contributed by atoms with Crippen LogP contribution in [0.3, 0.4) is 0 Å². The zero-order valence-corrected chi connectivity index (χ0v) is 6.38. The van der Waals surface area contributed by atoms with Gasteiger partial charge in [-0.2, -0.15) is 0 Å². The van der Waals surface area contributed by atoms with Gasteiger partial charge in [-0.25, -0.2) is 0 Å². The summed E-state index contributed by atoms with van der Waals surface area (Å²) in [4.78, 5) is 0. The number of allylic oxidation sites excluding steroid dienone is 1. The molecule has 0 unspecified atom stereocenters. The Morgan fingerprint density at radius 3 is 2.80 bits per heavy atom. The monoisotopic (exact) mass is 142 g/mol. The second-order valence-electron chi connectivity index (χ2n) is 2.41. The number of ether oxygens (including phenoxy) is 2. The Hall–Kier alpha value is -0.500. The van der Waals surface area contributed by atoms with Gasteiger partial charge in [0, 0.05) is 0 Å². The molecule has 0 saturated heterocycles. The average molecular weight is 142 g/mol. The Balaban J connectivity index is 1.76. The lowest BCUT2D eigenvalue weighted by Gasteiger charge is -2.00. The Labute approximate surface area is 61.8 Å². The molecule has 0 radical (unpaired) electrons. The van der Waals surface area contributed by atoms with Gasteiger partial charge in [0.2, 0.25) is 0 Å². The topological polar surface area (TPSA) is 18.5 Å². The van der Waals surface area contributed by atoms with Crippen molar-refractivity contribution in [2.45, 2.75) is 25.9 Å². The van der Waals surface area contributed by atoms with E-state index in [9.17, 15) is 0 Å². The molecular weight excluding hydrogens is 128 g/mol. The summed E-state index contributed by atoms with van der Waals surface area (Å²) in [5.41, 5.74) is 0. The minimum Gasteiger partial charge on any atom is -0.499 e. The van der Waals surface area contributed by atoms with Crippen LogP contribution >= 0.6 is 0 Å². The summed E-state index contributed by atoms with van der Waals surface area (Å²) in [6, 6.07) is 0. The van der Waals surface area contributed by atoms with Crippen molar-refractivity contribution in [3.63, 3.8) is 0 Å². The van der Waals surface area contributed by atoms with Crippen molar-refractivity contribution in [1.29, 1.82) is 0 Å². The molecule has 0 N–H and O–H groups in total. The Bertz CT molecular complexity index is 106. The van der Waals surface area contributed by atoms with E-state index in [4.69, 9.17) is 9.47 Å². The highest BCUT2D eigenvalue weighted by atomic mass is 16.5. The predicted octanol–water partition coefficient (Wildman–Crippen LogP) is 1.72. The van der Waals surface area contributed by atoms with E-state index in [-0.39, 0.29) is 0 Å². The zero-order valence-electron chi connectivity index (χ0n) is 6.38. The summed E-state index contributed by atoms with van der Waals surface area (Å²) in [5.74, 6) is 0. The van der Waals surface area contributed by atoms with E-state index in [0.717, 1.165) is 6.61 Å². The van der Waals surface area contributed by atoms with Crippen LogP contribution in [0.25, 0.3) is 0 Å². The smallest absolute Gasteiger partial charge is 0.111 e. The first-order chi connectivity index (χ1) is 4.93. The molecule has 2 heteroatoms. The molecule has 1 rings (SSSR count). The molecule has 0 amide bonds. The van der Waals surface area contributed by atoms with Crippen molar-refractivity contribution < 1.29 is 9.47 Å². The van der Waals surface area contributed by atoms with Gasteiger partial charge in [-0.1, -0.05) is 6.08 Å². The quantitative estimate of drug-likeness (QED) is 0.430. The van der Waals surface area contributed by atoms with Gasteiger partial charge in [0.1, 0.15) is 6.61 Å². The van der Waals surface area contributed by atoms with Crippen LogP contribution in [-0.4, -0.2) is 19.3 Å². The van der Waals surface area contributed by atoms with Crippen molar-refractivity contribution in [2.75, 3.05) is 13.2 Å². The molecule has 2 nitrogen and oxygen atoms in total. The molecule has 1 saturated carbocycles. The maximum atomic E-state index is 5.34. The lowest BCUT2D eigenvalue weighted by atomic mass is 10.7. The summed E-state index contributed by atoms with van der Waals surface area (Å²) in [6.45, 7) is 3.34. The molecule has 0 atom stereocenters. The first-order valence-electron chi connectivity index (χ1n) is 3.78. The van der Waals surface area contributed by atoms with Gasteiger partial charge in [-0.3, -0.25) is 0 Å². The fraction of sp³-hybridized carbons (Fsp3) is 0.750. The molecule has 58 valence electrons. The maximum Gasteiger partial charge on any atom is 0.111 e. The molecule has 0 spiro atoms. The highest BCUT2D eigenvalue weighted by Gasteiger charge is 2.21. The summed E-state index contributed by atoms with van der Waals surface area (Å²) >= 11 is 0. The van der Waals surface area contributed by atoms with Crippen LogP contribution in [0.4, 0.5) is 0 Å². The van der Waals surface area contributed by atoms with Crippen LogP contribution in [-0.2, 0) is 9.47 Å². The van der Waals surface area contributed by atoms with Crippen LogP contribution in [0, 0.1) is 0 Å². The first kappa shape index (κ1) is 7.61. The molecule has 1 aliphatic rings. The lowest BCUT2D eigenvalue weighted by molar-refractivity contribution is 0.0740. The molecule has 0 aliphatic heterocycles. The van der Waals surface area contributed by atoms with Crippen molar-refractivity contribution in [1.82, 2.24) is 0 Å². The largest absolute Gasteiger partial charge is 0.499 e. The van der Waals surface area contributed by atoms with Gasteiger partial charge in [0.15, 0.2) is 0 Å². The first-order valence-corrected chi connectivity index (χ1v) is 3.78. The molecule has 0 bridgehead atoms. The van der Waals surface area contributed by atoms with E-state index in [1.54, 1.807) is 6.26 Å². The Morgan fingerprint density at radius 2 is 2.20 bits per heavy atom. The SMILES string of the molecule is C/C=C/OCCOC1CC1.